The summed E-state index contributed by atoms with van der Waals surface area (Å²) < 4.78 is 15.9. The molecular weight excluding hydrogens is 511 g/mol. The van der Waals surface area contributed by atoms with Crippen molar-refractivity contribution in [2.24, 2.45) is 10.9 Å². The van der Waals surface area contributed by atoms with Crippen LogP contribution < -0.4 is 10.1 Å². The van der Waals surface area contributed by atoms with Gasteiger partial charge in [-0.2, -0.15) is 0 Å². The molecule has 0 aromatic heterocycles. The summed E-state index contributed by atoms with van der Waals surface area (Å²) in [6.45, 7) is 4.61. The highest BCUT2D eigenvalue weighted by molar-refractivity contribution is 14.0. The number of aliphatic imine (C=N–C) groups is 1. The van der Waals surface area contributed by atoms with Gasteiger partial charge in [0.05, 0.1) is 26.9 Å². The van der Waals surface area contributed by atoms with Gasteiger partial charge in [-0.15, -0.1) is 24.0 Å². The molecule has 1 aromatic rings. The Morgan fingerprint density at radius 3 is 2.61 bits per heavy atom. The van der Waals surface area contributed by atoms with Crippen LogP contribution in [0.3, 0.4) is 0 Å². The fourth-order valence-corrected chi connectivity index (χ4v) is 3.22. The molecule has 0 radical (unpaired) electrons. The van der Waals surface area contributed by atoms with E-state index in [0.717, 1.165) is 50.8 Å². The molecule has 1 aromatic carbocycles. The number of likely N-dealkylation sites (N-methyl/N-ethyl adjacent to an activating group) is 1. The number of carbonyl (C=O) groups is 1. The predicted octanol–water partition coefficient (Wildman–Crippen LogP) is 1.87. The zero-order chi connectivity index (χ0) is 21.8. The maximum absolute atomic E-state index is 12.0. The Hall–Kier alpha value is -1.59. The molecule has 1 N–H and O–H groups in total. The van der Waals surface area contributed by atoms with Crippen LogP contribution in [0.15, 0.2) is 29.3 Å². The van der Waals surface area contributed by atoms with Crippen LogP contribution >= 0.6 is 24.0 Å². The number of carbonyl (C=O) groups excluding carboxylic acids is 1. The highest BCUT2D eigenvalue weighted by Gasteiger charge is 2.25. The lowest BCUT2D eigenvalue weighted by Crippen LogP contribution is -2.42. The average molecular weight is 548 g/mol. The summed E-state index contributed by atoms with van der Waals surface area (Å²) in [6, 6.07) is 8.07. The largest absolute Gasteiger partial charge is 0.497 e. The Kier molecular flexibility index (Phi) is 13.5. The first-order chi connectivity index (χ1) is 14.5. The predicted molar refractivity (Wildman–Crippen MR) is 133 cm³/mol. The van der Waals surface area contributed by atoms with E-state index in [4.69, 9.17) is 14.2 Å². The van der Waals surface area contributed by atoms with Crippen molar-refractivity contribution >= 4 is 35.8 Å². The van der Waals surface area contributed by atoms with Gasteiger partial charge in [0, 0.05) is 46.8 Å². The number of rotatable bonds is 11. The second kappa shape index (κ2) is 15.3. The SMILES string of the molecule is COCCOCC1CCN(C(=NCC(=O)N(C)C)NCCc2ccc(OC)cc2)C1.I. The lowest BCUT2D eigenvalue weighted by atomic mass is 10.1. The van der Waals surface area contributed by atoms with E-state index in [2.05, 4.69) is 27.3 Å². The monoisotopic (exact) mass is 548 g/mol. The van der Waals surface area contributed by atoms with E-state index in [1.54, 1.807) is 33.2 Å². The molecule has 1 fully saturated rings. The van der Waals surface area contributed by atoms with Crippen molar-refractivity contribution in [2.45, 2.75) is 12.8 Å². The maximum Gasteiger partial charge on any atom is 0.243 e. The molecule has 1 saturated heterocycles. The summed E-state index contributed by atoms with van der Waals surface area (Å²) >= 11 is 0. The van der Waals surface area contributed by atoms with E-state index in [9.17, 15) is 4.79 Å². The second-order valence-electron chi connectivity index (χ2n) is 7.62. The minimum Gasteiger partial charge on any atom is -0.497 e. The summed E-state index contributed by atoms with van der Waals surface area (Å²) in [6.07, 6.45) is 1.91. The summed E-state index contributed by atoms with van der Waals surface area (Å²) in [5.74, 6) is 2.09. The quantitative estimate of drug-likeness (QED) is 0.197. The van der Waals surface area contributed by atoms with Crippen molar-refractivity contribution < 1.29 is 19.0 Å². The number of nitrogens with zero attached hydrogens (tertiary/aromatic N) is 3. The van der Waals surface area contributed by atoms with Crippen LogP contribution in [0.1, 0.15) is 12.0 Å². The zero-order valence-corrected chi connectivity index (χ0v) is 21.5. The summed E-state index contributed by atoms with van der Waals surface area (Å²) in [7, 11) is 6.84. The molecule has 9 heteroatoms. The molecule has 1 heterocycles. The van der Waals surface area contributed by atoms with Gasteiger partial charge >= 0.3 is 0 Å². The number of hydrogen-bond acceptors (Lipinski definition) is 5. The van der Waals surface area contributed by atoms with Crippen molar-refractivity contribution in [3.8, 4) is 5.75 Å². The summed E-state index contributed by atoms with van der Waals surface area (Å²) in [5, 5.41) is 3.44. The molecule has 0 bridgehead atoms. The smallest absolute Gasteiger partial charge is 0.243 e. The minimum absolute atomic E-state index is 0. The first kappa shape index (κ1) is 27.4. The zero-order valence-electron chi connectivity index (χ0n) is 19.1. The molecule has 8 nitrogen and oxygen atoms in total. The van der Waals surface area contributed by atoms with Crippen LogP contribution in [0, 0.1) is 5.92 Å². The molecular formula is C22H37IN4O4. The molecule has 31 heavy (non-hydrogen) atoms. The molecule has 2 rings (SSSR count). The number of ether oxygens (including phenoxy) is 3. The highest BCUT2D eigenvalue weighted by atomic mass is 127. The fourth-order valence-electron chi connectivity index (χ4n) is 3.22. The molecule has 1 amide bonds. The molecule has 1 atom stereocenters. The van der Waals surface area contributed by atoms with Gasteiger partial charge in [0.15, 0.2) is 5.96 Å². The van der Waals surface area contributed by atoms with Crippen molar-refractivity contribution in [3.05, 3.63) is 29.8 Å². The standard InChI is InChI=1S/C22H36N4O4.HI/c1-25(2)21(27)15-24-22(23-11-9-18-5-7-20(29-4)8-6-18)26-12-10-19(16-26)17-30-14-13-28-3;/h5-8,19H,9-17H2,1-4H3,(H,23,24);1H. The first-order valence-electron chi connectivity index (χ1n) is 10.5. The number of guanidine groups is 1. The molecule has 0 saturated carbocycles. The van der Waals surface area contributed by atoms with Gasteiger partial charge < -0.3 is 29.3 Å². The molecule has 0 spiro atoms. The minimum atomic E-state index is -0.0110. The molecule has 176 valence electrons. The number of hydrogen-bond donors (Lipinski definition) is 1. The molecule has 0 aliphatic carbocycles. The van der Waals surface area contributed by atoms with Gasteiger partial charge in [-0.25, -0.2) is 4.99 Å². The van der Waals surface area contributed by atoms with Crippen LogP contribution in [0.2, 0.25) is 0 Å². The fraction of sp³-hybridized carbons (Fsp3) is 0.636. The van der Waals surface area contributed by atoms with Crippen molar-refractivity contribution in [3.63, 3.8) is 0 Å². The first-order valence-corrected chi connectivity index (χ1v) is 10.5. The van der Waals surface area contributed by atoms with Crippen LogP contribution in [-0.2, 0) is 20.7 Å². The van der Waals surface area contributed by atoms with E-state index in [1.165, 1.54) is 5.56 Å². The van der Waals surface area contributed by atoms with Crippen LogP contribution in [0.25, 0.3) is 0 Å². The molecule has 1 unspecified atom stereocenters. The van der Waals surface area contributed by atoms with E-state index >= 15 is 0 Å². The van der Waals surface area contributed by atoms with Crippen molar-refractivity contribution in [2.75, 3.05) is 74.3 Å². The van der Waals surface area contributed by atoms with E-state index < -0.39 is 0 Å². The summed E-state index contributed by atoms with van der Waals surface area (Å²) in [4.78, 5) is 20.4. The third-order valence-corrected chi connectivity index (χ3v) is 5.09. The lowest BCUT2D eigenvalue weighted by Gasteiger charge is -2.22. The van der Waals surface area contributed by atoms with Crippen molar-refractivity contribution in [1.82, 2.24) is 15.1 Å². The van der Waals surface area contributed by atoms with Gasteiger partial charge in [0.25, 0.3) is 0 Å². The van der Waals surface area contributed by atoms with E-state index in [0.29, 0.717) is 19.1 Å². The third kappa shape index (κ3) is 10.0. The number of benzene rings is 1. The maximum atomic E-state index is 12.0. The topological polar surface area (TPSA) is 75.6 Å². The van der Waals surface area contributed by atoms with Gasteiger partial charge in [-0.1, -0.05) is 12.1 Å². The Morgan fingerprint density at radius 1 is 1.23 bits per heavy atom. The average Bonchev–Trinajstić information content (AvgIpc) is 3.22. The highest BCUT2D eigenvalue weighted by Crippen LogP contribution is 2.17. The third-order valence-electron chi connectivity index (χ3n) is 5.09. The molecule has 1 aliphatic heterocycles. The number of amides is 1. The number of nitrogens with one attached hydrogen (secondary N) is 1. The number of halogens is 1. The van der Waals surface area contributed by atoms with E-state index in [1.807, 2.05) is 12.1 Å². The Bertz CT molecular complexity index is 670. The Morgan fingerprint density at radius 2 is 1.97 bits per heavy atom. The second-order valence-corrected chi connectivity index (χ2v) is 7.62. The van der Waals surface area contributed by atoms with Crippen molar-refractivity contribution in [1.29, 1.82) is 0 Å². The lowest BCUT2D eigenvalue weighted by molar-refractivity contribution is -0.127. The van der Waals surface area contributed by atoms with Gasteiger partial charge in [0.2, 0.25) is 5.91 Å². The normalized spacial score (nSPS) is 16.1. The Balaban J connectivity index is 0.00000480. The molecule has 1 aliphatic rings. The Labute approximate surface area is 203 Å². The van der Waals surface area contributed by atoms with Crippen LogP contribution in [-0.4, -0.2) is 96.0 Å². The number of methoxy groups -OCH3 is 2. The van der Waals surface area contributed by atoms with Gasteiger partial charge in [-0.3, -0.25) is 4.79 Å². The van der Waals surface area contributed by atoms with Crippen LogP contribution in [0.5, 0.6) is 5.75 Å². The van der Waals surface area contributed by atoms with Gasteiger partial charge in [0.1, 0.15) is 12.3 Å². The van der Waals surface area contributed by atoms with Crippen LogP contribution in [0.4, 0.5) is 0 Å². The van der Waals surface area contributed by atoms with E-state index in [-0.39, 0.29) is 36.4 Å². The van der Waals surface area contributed by atoms with Gasteiger partial charge in [-0.05, 0) is 30.5 Å². The number of likely N-dealkylation sites (tertiary alicyclic amines) is 1. The summed E-state index contributed by atoms with van der Waals surface area (Å²) in [5.41, 5.74) is 1.22.